The molecule has 1 heterocycles. The minimum Gasteiger partial charge on any atom is -0.468 e. The molecule has 0 radical (unpaired) electrons. The Hall–Kier alpha value is -0.610. The second kappa shape index (κ2) is 4.34. The van der Waals surface area contributed by atoms with Gasteiger partial charge in [0.1, 0.15) is 5.54 Å². The lowest BCUT2D eigenvalue weighted by Gasteiger charge is -2.41. The molecule has 0 bridgehead atoms. The van der Waals surface area contributed by atoms with Gasteiger partial charge in [0.2, 0.25) is 0 Å². The van der Waals surface area contributed by atoms with E-state index in [1.54, 1.807) is 0 Å². The van der Waals surface area contributed by atoms with Crippen molar-refractivity contribution in [2.24, 2.45) is 0 Å². The third-order valence-electron chi connectivity index (χ3n) is 3.37. The lowest BCUT2D eigenvalue weighted by Crippen LogP contribution is -2.59. The molecule has 0 aromatic carbocycles. The van der Waals surface area contributed by atoms with Gasteiger partial charge in [-0.2, -0.15) is 0 Å². The van der Waals surface area contributed by atoms with Crippen LogP contribution in [0.4, 0.5) is 0 Å². The average molecular weight is 227 g/mol. The van der Waals surface area contributed by atoms with Crippen LogP contribution in [-0.2, 0) is 14.3 Å². The van der Waals surface area contributed by atoms with E-state index in [1.807, 2.05) is 13.8 Å². The number of methoxy groups -OCH3 is 1. The van der Waals surface area contributed by atoms with E-state index >= 15 is 0 Å². The fourth-order valence-corrected chi connectivity index (χ4v) is 2.71. The molecule has 2 unspecified atom stereocenters. The van der Waals surface area contributed by atoms with Gasteiger partial charge < -0.3 is 9.47 Å². The third-order valence-corrected chi connectivity index (χ3v) is 3.37. The van der Waals surface area contributed by atoms with Gasteiger partial charge in [0, 0.05) is 18.9 Å². The van der Waals surface area contributed by atoms with E-state index in [2.05, 4.69) is 5.32 Å². The lowest BCUT2D eigenvalue weighted by atomic mass is 9.84. The van der Waals surface area contributed by atoms with E-state index in [-0.39, 0.29) is 18.2 Å². The van der Waals surface area contributed by atoms with Gasteiger partial charge in [0.05, 0.1) is 19.3 Å². The number of hydrogen-bond donors (Lipinski definition) is 1. The Morgan fingerprint density at radius 2 is 1.88 bits per heavy atom. The van der Waals surface area contributed by atoms with Gasteiger partial charge in [-0.25, -0.2) is 0 Å². The van der Waals surface area contributed by atoms with Crippen molar-refractivity contribution in [3.05, 3.63) is 0 Å². The zero-order valence-corrected chi connectivity index (χ0v) is 10.3. The molecule has 1 saturated carbocycles. The molecule has 0 aromatic rings. The Kier molecular flexibility index (Phi) is 3.22. The molecule has 0 aromatic heterocycles. The van der Waals surface area contributed by atoms with Gasteiger partial charge in [-0.1, -0.05) is 0 Å². The summed E-state index contributed by atoms with van der Waals surface area (Å²) in [5, 5.41) is 3.46. The Bertz CT molecular complexity index is 260. The van der Waals surface area contributed by atoms with Crippen molar-refractivity contribution in [2.75, 3.05) is 7.11 Å². The summed E-state index contributed by atoms with van der Waals surface area (Å²) in [5.41, 5.74) is -0.521. The summed E-state index contributed by atoms with van der Waals surface area (Å²) in [6.45, 7) is 4.03. The van der Waals surface area contributed by atoms with Crippen LogP contribution in [0.5, 0.6) is 0 Å². The van der Waals surface area contributed by atoms with E-state index in [0.29, 0.717) is 18.9 Å². The molecule has 2 rings (SSSR count). The summed E-state index contributed by atoms with van der Waals surface area (Å²) in [6, 6.07) is 0.497. The molecule has 2 fully saturated rings. The number of carbonyl (C=O) groups is 1. The second-order valence-electron chi connectivity index (χ2n) is 5.16. The fourth-order valence-electron chi connectivity index (χ4n) is 2.71. The number of carbonyl (C=O) groups excluding carboxylic acids is 1. The fraction of sp³-hybridized carbons (Fsp3) is 0.917. The van der Waals surface area contributed by atoms with Crippen LogP contribution in [0.1, 0.15) is 39.5 Å². The highest BCUT2D eigenvalue weighted by molar-refractivity contribution is 5.81. The SMILES string of the molecule is COC(=O)C1(NC2CC2)CC(C)OC(C)C1. The zero-order valence-electron chi connectivity index (χ0n) is 10.3. The van der Waals surface area contributed by atoms with Gasteiger partial charge in [-0.3, -0.25) is 10.1 Å². The predicted octanol–water partition coefficient (Wildman–Crippen LogP) is 1.24. The van der Waals surface area contributed by atoms with Crippen molar-refractivity contribution < 1.29 is 14.3 Å². The van der Waals surface area contributed by atoms with Crippen LogP contribution >= 0.6 is 0 Å². The zero-order chi connectivity index (χ0) is 11.8. The molecular formula is C12H21NO3. The first kappa shape index (κ1) is 11.9. The number of hydrogen-bond acceptors (Lipinski definition) is 4. The summed E-state index contributed by atoms with van der Waals surface area (Å²) < 4.78 is 10.7. The maximum atomic E-state index is 12.0. The van der Waals surface area contributed by atoms with Crippen LogP contribution in [0, 0.1) is 0 Å². The molecule has 4 nitrogen and oxygen atoms in total. The molecule has 0 spiro atoms. The number of esters is 1. The van der Waals surface area contributed by atoms with E-state index in [1.165, 1.54) is 20.0 Å². The van der Waals surface area contributed by atoms with Gasteiger partial charge >= 0.3 is 5.97 Å². The second-order valence-corrected chi connectivity index (χ2v) is 5.16. The van der Waals surface area contributed by atoms with Crippen molar-refractivity contribution in [1.82, 2.24) is 5.32 Å². The van der Waals surface area contributed by atoms with Crippen molar-refractivity contribution in [2.45, 2.75) is 63.3 Å². The first-order valence-electron chi connectivity index (χ1n) is 6.07. The number of ether oxygens (including phenoxy) is 2. The van der Waals surface area contributed by atoms with Crippen molar-refractivity contribution >= 4 is 5.97 Å². The smallest absolute Gasteiger partial charge is 0.326 e. The highest BCUT2D eigenvalue weighted by Crippen LogP contribution is 2.33. The Balaban J connectivity index is 2.14. The predicted molar refractivity (Wildman–Crippen MR) is 60.1 cm³/mol. The van der Waals surface area contributed by atoms with Gasteiger partial charge in [-0.05, 0) is 26.7 Å². The third kappa shape index (κ3) is 2.38. The maximum Gasteiger partial charge on any atom is 0.326 e. The highest BCUT2D eigenvalue weighted by atomic mass is 16.5. The van der Waals surface area contributed by atoms with Crippen LogP contribution in [0.2, 0.25) is 0 Å². The molecule has 1 N–H and O–H groups in total. The molecule has 2 atom stereocenters. The first-order chi connectivity index (χ1) is 7.55. The van der Waals surface area contributed by atoms with E-state index in [0.717, 1.165) is 0 Å². The van der Waals surface area contributed by atoms with Crippen molar-refractivity contribution in [3.63, 3.8) is 0 Å². The van der Waals surface area contributed by atoms with E-state index in [9.17, 15) is 4.79 Å². The molecule has 4 heteroatoms. The molecule has 1 aliphatic carbocycles. The largest absolute Gasteiger partial charge is 0.468 e. The average Bonchev–Trinajstić information content (AvgIpc) is 2.98. The minimum absolute atomic E-state index is 0.106. The van der Waals surface area contributed by atoms with E-state index in [4.69, 9.17) is 9.47 Å². The summed E-state index contributed by atoms with van der Waals surface area (Å²) in [7, 11) is 1.46. The minimum atomic E-state index is -0.521. The van der Waals surface area contributed by atoms with Crippen LogP contribution in [-0.4, -0.2) is 36.9 Å². The lowest BCUT2D eigenvalue weighted by molar-refractivity contribution is -0.159. The van der Waals surface area contributed by atoms with Crippen molar-refractivity contribution in [3.8, 4) is 0 Å². The van der Waals surface area contributed by atoms with Crippen LogP contribution < -0.4 is 5.32 Å². The standard InChI is InChI=1S/C12H21NO3/c1-8-6-12(11(14)15-3,7-9(2)16-8)13-10-4-5-10/h8-10,13H,4-7H2,1-3H3. The molecule has 1 aliphatic heterocycles. The van der Waals surface area contributed by atoms with Crippen LogP contribution in [0.15, 0.2) is 0 Å². The quantitative estimate of drug-likeness (QED) is 0.737. The Morgan fingerprint density at radius 3 is 2.31 bits per heavy atom. The van der Waals surface area contributed by atoms with Crippen LogP contribution in [0.25, 0.3) is 0 Å². The summed E-state index contributed by atoms with van der Waals surface area (Å²) in [6.07, 6.45) is 3.97. The van der Waals surface area contributed by atoms with Crippen molar-refractivity contribution in [1.29, 1.82) is 0 Å². The monoisotopic (exact) mass is 227 g/mol. The Morgan fingerprint density at radius 1 is 1.31 bits per heavy atom. The summed E-state index contributed by atoms with van der Waals surface area (Å²) in [5.74, 6) is -0.138. The maximum absolute atomic E-state index is 12.0. The topological polar surface area (TPSA) is 47.6 Å². The molecule has 0 amide bonds. The molecule has 92 valence electrons. The number of rotatable bonds is 3. The van der Waals surface area contributed by atoms with Gasteiger partial charge in [0.15, 0.2) is 0 Å². The summed E-state index contributed by atoms with van der Waals surface area (Å²) >= 11 is 0. The molecule has 1 saturated heterocycles. The Labute approximate surface area is 96.7 Å². The number of nitrogens with one attached hydrogen (secondary N) is 1. The normalized spacial score (nSPS) is 39.4. The first-order valence-corrected chi connectivity index (χ1v) is 6.07. The van der Waals surface area contributed by atoms with E-state index < -0.39 is 5.54 Å². The van der Waals surface area contributed by atoms with Crippen LogP contribution in [0.3, 0.4) is 0 Å². The highest BCUT2D eigenvalue weighted by Gasteiger charge is 2.48. The summed E-state index contributed by atoms with van der Waals surface area (Å²) in [4.78, 5) is 12.0. The molecular weight excluding hydrogens is 206 g/mol. The van der Waals surface area contributed by atoms with Gasteiger partial charge in [0.25, 0.3) is 0 Å². The molecule has 16 heavy (non-hydrogen) atoms. The molecule has 2 aliphatic rings. The van der Waals surface area contributed by atoms with Gasteiger partial charge in [-0.15, -0.1) is 0 Å².